The number of aromatic nitrogens is 3. The van der Waals surface area contributed by atoms with E-state index in [4.69, 9.17) is 16.3 Å². The highest BCUT2D eigenvalue weighted by Gasteiger charge is 2.15. The van der Waals surface area contributed by atoms with Gasteiger partial charge >= 0.3 is 5.97 Å². The second-order valence-electron chi connectivity index (χ2n) is 4.73. The lowest BCUT2D eigenvalue weighted by atomic mass is 10.2. The van der Waals surface area contributed by atoms with Crippen molar-refractivity contribution in [3.05, 3.63) is 59.0 Å². The number of halogens is 1. The first-order valence-corrected chi connectivity index (χ1v) is 7.28. The van der Waals surface area contributed by atoms with Gasteiger partial charge < -0.3 is 10.1 Å². The average molecular weight is 343 g/mol. The second kappa shape index (κ2) is 6.59. The third-order valence-electron chi connectivity index (χ3n) is 3.17. The number of fused-ring (bicyclic) bond motifs is 1. The first-order valence-electron chi connectivity index (χ1n) is 6.90. The highest BCUT2D eigenvalue weighted by Crippen LogP contribution is 2.24. The predicted molar refractivity (Wildman–Crippen MR) is 87.1 cm³/mol. The predicted octanol–water partition coefficient (Wildman–Crippen LogP) is 2.26. The molecule has 0 fully saturated rings. The highest BCUT2D eigenvalue weighted by molar-refractivity contribution is 6.31. The molecule has 0 saturated carbocycles. The summed E-state index contributed by atoms with van der Waals surface area (Å²) in [4.78, 5) is 35.8. The summed E-state index contributed by atoms with van der Waals surface area (Å²) >= 11 is 6.03. The van der Waals surface area contributed by atoms with Gasteiger partial charge in [-0.25, -0.2) is 14.8 Å². The van der Waals surface area contributed by atoms with E-state index in [1.807, 2.05) is 0 Å². The van der Waals surface area contributed by atoms with Gasteiger partial charge in [0, 0.05) is 25.0 Å². The van der Waals surface area contributed by atoms with Crippen molar-refractivity contribution in [3.8, 4) is 5.88 Å². The molecule has 120 valence electrons. The van der Waals surface area contributed by atoms with Gasteiger partial charge in [0.25, 0.3) is 11.8 Å². The minimum Gasteiger partial charge on any atom is -0.400 e. The number of amides is 1. The fourth-order valence-electron chi connectivity index (χ4n) is 2.00. The molecule has 8 heteroatoms. The first-order chi connectivity index (χ1) is 11.6. The minimum atomic E-state index is -0.638. The average Bonchev–Trinajstić information content (AvgIpc) is 2.62. The SMILES string of the molecule is CNC(=O)c1ccc2nc(OC(=O)c3cccnc3)c(Cl)nc2c1. The van der Waals surface area contributed by atoms with Crippen molar-refractivity contribution >= 4 is 34.5 Å². The molecule has 0 radical (unpaired) electrons. The van der Waals surface area contributed by atoms with Crippen LogP contribution < -0.4 is 10.1 Å². The molecule has 0 saturated heterocycles. The summed E-state index contributed by atoms with van der Waals surface area (Å²) in [5.74, 6) is -0.992. The molecule has 0 bridgehead atoms. The zero-order valence-electron chi connectivity index (χ0n) is 12.5. The Kier molecular flexibility index (Phi) is 4.35. The maximum Gasteiger partial charge on any atom is 0.346 e. The quantitative estimate of drug-likeness (QED) is 0.734. The van der Waals surface area contributed by atoms with Crippen molar-refractivity contribution in [2.45, 2.75) is 0 Å². The van der Waals surface area contributed by atoms with Crippen LogP contribution in [0.15, 0.2) is 42.7 Å². The lowest BCUT2D eigenvalue weighted by molar-refractivity contribution is 0.0727. The molecule has 1 amide bonds. The zero-order chi connectivity index (χ0) is 17.1. The molecule has 3 aromatic rings. The van der Waals surface area contributed by atoms with E-state index in [1.165, 1.54) is 13.2 Å². The van der Waals surface area contributed by atoms with Crippen LogP contribution in [-0.4, -0.2) is 33.9 Å². The number of ether oxygens (including phenoxy) is 1. The Balaban J connectivity index is 1.94. The Morgan fingerprint density at radius 3 is 2.67 bits per heavy atom. The molecule has 7 nitrogen and oxygen atoms in total. The van der Waals surface area contributed by atoms with Gasteiger partial charge in [-0.2, -0.15) is 0 Å². The summed E-state index contributed by atoms with van der Waals surface area (Å²) in [5, 5.41) is 2.45. The number of carbonyl (C=O) groups is 2. The van der Waals surface area contributed by atoms with Gasteiger partial charge in [0.15, 0.2) is 5.15 Å². The Bertz CT molecular complexity index is 931. The molecule has 0 aliphatic carbocycles. The van der Waals surface area contributed by atoms with Crippen LogP contribution in [0.4, 0.5) is 0 Å². The third-order valence-corrected chi connectivity index (χ3v) is 3.41. The summed E-state index contributed by atoms with van der Waals surface area (Å²) < 4.78 is 5.17. The van der Waals surface area contributed by atoms with E-state index in [9.17, 15) is 9.59 Å². The highest BCUT2D eigenvalue weighted by atomic mass is 35.5. The second-order valence-corrected chi connectivity index (χ2v) is 5.09. The van der Waals surface area contributed by atoms with Crippen LogP contribution in [0.25, 0.3) is 11.0 Å². The number of nitrogens with zero attached hydrogens (tertiary/aromatic N) is 3. The normalized spacial score (nSPS) is 10.4. The number of hydrogen-bond donors (Lipinski definition) is 1. The van der Waals surface area contributed by atoms with Gasteiger partial charge in [-0.15, -0.1) is 0 Å². The maximum absolute atomic E-state index is 12.0. The lowest BCUT2D eigenvalue weighted by Gasteiger charge is -2.07. The number of rotatable bonds is 3. The van der Waals surface area contributed by atoms with E-state index in [0.717, 1.165) is 0 Å². The van der Waals surface area contributed by atoms with Crippen LogP contribution in [0, 0.1) is 0 Å². The third kappa shape index (κ3) is 3.16. The summed E-state index contributed by atoms with van der Waals surface area (Å²) in [7, 11) is 1.53. The van der Waals surface area contributed by atoms with E-state index in [2.05, 4.69) is 20.3 Å². The molecule has 0 aliphatic heterocycles. The molecule has 0 atom stereocenters. The lowest BCUT2D eigenvalue weighted by Crippen LogP contribution is -2.17. The minimum absolute atomic E-state index is 0.0752. The monoisotopic (exact) mass is 342 g/mol. The fourth-order valence-corrected chi connectivity index (χ4v) is 2.17. The number of nitrogens with one attached hydrogen (secondary N) is 1. The van der Waals surface area contributed by atoms with Gasteiger partial charge in [0.1, 0.15) is 0 Å². The summed E-state index contributed by atoms with van der Waals surface area (Å²) in [5.41, 5.74) is 1.56. The van der Waals surface area contributed by atoms with Crippen molar-refractivity contribution in [3.63, 3.8) is 0 Å². The molecule has 2 heterocycles. The van der Waals surface area contributed by atoms with E-state index < -0.39 is 5.97 Å². The van der Waals surface area contributed by atoms with Gasteiger partial charge in [0.2, 0.25) is 0 Å². The van der Waals surface area contributed by atoms with Gasteiger partial charge in [-0.05, 0) is 30.3 Å². The van der Waals surface area contributed by atoms with E-state index >= 15 is 0 Å². The molecule has 1 aromatic carbocycles. The summed E-state index contributed by atoms with van der Waals surface area (Å²) in [6.45, 7) is 0. The van der Waals surface area contributed by atoms with Crippen molar-refractivity contribution in [2.75, 3.05) is 7.05 Å². The van der Waals surface area contributed by atoms with Crippen LogP contribution in [0.3, 0.4) is 0 Å². The number of esters is 1. The molecule has 1 N–H and O–H groups in total. The molecule has 2 aromatic heterocycles. The number of carbonyl (C=O) groups excluding carboxylic acids is 2. The molecule has 24 heavy (non-hydrogen) atoms. The van der Waals surface area contributed by atoms with Crippen LogP contribution in [0.1, 0.15) is 20.7 Å². The maximum atomic E-state index is 12.0. The van der Waals surface area contributed by atoms with Crippen molar-refractivity contribution in [1.29, 1.82) is 0 Å². The fraction of sp³-hybridized carbons (Fsp3) is 0.0625. The van der Waals surface area contributed by atoms with Crippen molar-refractivity contribution in [2.24, 2.45) is 0 Å². The topological polar surface area (TPSA) is 94.1 Å². The standard InChI is InChI=1S/C16H11ClN4O3/c1-18-14(22)9-4-5-11-12(7-9)20-13(17)15(21-11)24-16(23)10-3-2-6-19-8-10/h2-8H,1H3,(H,18,22). The molecule has 0 aliphatic rings. The smallest absolute Gasteiger partial charge is 0.346 e. The largest absolute Gasteiger partial charge is 0.400 e. The summed E-state index contributed by atoms with van der Waals surface area (Å²) in [6.07, 6.45) is 2.92. The van der Waals surface area contributed by atoms with E-state index in [-0.39, 0.29) is 22.5 Å². The van der Waals surface area contributed by atoms with Crippen molar-refractivity contribution in [1.82, 2.24) is 20.3 Å². The van der Waals surface area contributed by atoms with Gasteiger partial charge in [0.05, 0.1) is 16.6 Å². The van der Waals surface area contributed by atoms with Crippen LogP contribution in [-0.2, 0) is 0 Å². The van der Waals surface area contributed by atoms with Gasteiger partial charge in [-0.3, -0.25) is 9.78 Å². The molecular weight excluding hydrogens is 332 g/mol. The van der Waals surface area contributed by atoms with Gasteiger partial charge in [-0.1, -0.05) is 11.6 Å². The Labute approximate surface area is 141 Å². The van der Waals surface area contributed by atoms with E-state index in [0.29, 0.717) is 16.6 Å². The number of benzene rings is 1. The Morgan fingerprint density at radius 1 is 1.12 bits per heavy atom. The van der Waals surface area contributed by atoms with E-state index in [1.54, 1.807) is 36.5 Å². The van der Waals surface area contributed by atoms with Crippen molar-refractivity contribution < 1.29 is 14.3 Å². The molecular formula is C16H11ClN4O3. The Hall–Kier alpha value is -3.06. The number of pyridine rings is 1. The Morgan fingerprint density at radius 2 is 1.96 bits per heavy atom. The molecule has 3 rings (SSSR count). The van der Waals surface area contributed by atoms with Crippen LogP contribution >= 0.6 is 11.6 Å². The first kappa shape index (κ1) is 15.8. The zero-order valence-corrected chi connectivity index (χ0v) is 13.2. The van der Waals surface area contributed by atoms with Crippen LogP contribution in [0.2, 0.25) is 5.15 Å². The number of hydrogen-bond acceptors (Lipinski definition) is 6. The van der Waals surface area contributed by atoms with Crippen LogP contribution in [0.5, 0.6) is 5.88 Å². The molecule has 0 unspecified atom stereocenters. The summed E-state index contributed by atoms with van der Waals surface area (Å²) in [6, 6.07) is 7.93. The molecule has 0 spiro atoms.